The van der Waals surface area contributed by atoms with Gasteiger partial charge >= 0.3 is 0 Å². The Balaban J connectivity index is 1.79. The van der Waals surface area contributed by atoms with E-state index >= 15 is 0 Å². The molecule has 0 spiro atoms. The molecule has 0 saturated heterocycles. The van der Waals surface area contributed by atoms with Gasteiger partial charge in [-0.3, -0.25) is 0 Å². The van der Waals surface area contributed by atoms with Crippen molar-refractivity contribution < 1.29 is 9.30 Å². The van der Waals surface area contributed by atoms with E-state index in [0.29, 0.717) is 29.6 Å². The van der Waals surface area contributed by atoms with Crippen molar-refractivity contribution in [3.63, 3.8) is 0 Å². The highest BCUT2D eigenvalue weighted by Crippen LogP contribution is 2.19. The number of pyridine rings is 1. The highest BCUT2D eigenvalue weighted by atomic mass is 35.5. The zero-order chi connectivity index (χ0) is 17.9. The molecule has 1 aromatic heterocycles. The van der Waals surface area contributed by atoms with E-state index in [-0.39, 0.29) is 0 Å². The van der Waals surface area contributed by atoms with Crippen LogP contribution in [0.5, 0.6) is 0 Å². The summed E-state index contributed by atoms with van der Waals surface area (Å²) in [6, 6.07) is 12.4. The molecule has 136 valence electrons. The van der Waals surface area contributed by atoms with Crippen LogP contribution in [0.2, 0.25) is 0 Å². The summed E-state index contributed by atoms with van der Waals surface area (Å²) in [6.07, 6.45) is 8.96. The average molecular weight is 381 g/mol. The van der Waals surface area contributed by atoms with Crippen molar-refractivity contribution in [3.05, 3.63) is 52.7 Å². The maximum Gasteiger partial charge on any atom is 0.212 e. The number of fused-ring (bicyclic) bond motifs is 1. The van der Waals surface area contributed by atoms with E-state index in [0.717, 1.165) is 18.5 Å². The number of aromatic nitrogens is 1. The molecule has 0 bridgehead atoms. The van der Waals surface area contributed by atoms with E-state index in [1.54, 1.807) is 0 Å². The standard InChI is InChI=1S/C21H28Cl2NO/c1-2-3-4-5-8-15-25-16-13-19(22)20(23)17-24-14-9-11-18-10-6-7-12-21(18)24/h6-7,9-12,14H,2-5,8,13,15-17H2,1H3/q+1. The van der Waals surface area contributed by atoms with Gasteiger partial charge in [-0.1, -0.05) is 67.9 Å². The fraction of sp³-hybridized carbons (Fsp3) is 0.476. The first kappa shape index (κ1) is 20.2. The monoisotopic (exact) mass is 380 g/mol. The maximum absolute atomic E-state index is 6.43. The Bertz CT molecular complexity index is 679. The Morgan fingerprint density at radius 2 is 1.68 bits per heavy atom. The van der Waals surface area contributed by atoms with Crippen LogP contribution in [0, 0.1) is 0 Å². The zero-order valence-electron chi connectivity index (χ0n) is 15.0. The van der Waals surface area contributed by atoms with Crippen LogP contribution in [0.15, 0.2) is 52.7 Å². The number of rotatable bonds is 11. The van der Waals surface area contributed by atoms with Gasteiger partial charge in [0.1, 0.15) is 0 Å². The average Bonchev–Trinajstić information content (AvgIpc) is 2.64. The summed E-state index contributed by atoms with van der Waals surface area (Å²) in [4.78, 5) is 0. The highest BCUT2D eigenvalue weighted by molar-refractivity contribution is 6.39. The SMILES string of the molecule is CCCCCCCOCCC(Cl)=C(Cl)C[n+]1cccc2ccccc21. The number of halogens is 2. The number of nitrogens with zero attached hydrogens (tertiary/aromatic N) is 1. The second-order valence-corrected chi connectivity index (χ2v) is 7.19. The van der Waals surface area contributed by atoms with Gasteiger partial charge in [0.2, 0.25) is 5.52 Å². The summed E-state index contributed by atoms with van der Waals surface area (Å²) in [5, 5.41) is 2.56. The third-order valence-electron chi connectivity index (χ3n) is 4.25. The van der Waals surface area contributed by atoms with E-state index in [4.69, 9.17) is 27.9 Å². The van der Waals surface area contributed by atoms with E-state index in [1.165, 1.54) is 31.1 Å². The Hall–Kier alpha value is -1.09. The maximum atomic E-state index is 6.43. The Kier molecular flexibility index (Phi) is 9.31. The van der Waals surface area contributed by atoms with Gasteiger partial charge in [0.15, 0.2) is 12.7 Å². The fourth-order valence-corrected chi connectivity index (χ4v) is 3.16. The van der Waals surface area contributed by atoms with Crippen molar-refractivity contribution in [3.8, 4) is 0 Å². The topological polar surface area (TPSA) is 13.1 Å². The summed E-state index contributed by atoms with van der Waals surface area (Å²) >= 11 is 12.8. The number of unbranched alkanes of at least 4 members (excludes halogenated alkanes) is 4. The van der Waals surface area contributed by atoms with Gasteiger partial charge in [-0.05, 0) is 18.6 Å². The molecule has 1 aromatic carbocycles. The molecule has 0 atom stereocenters. The highest BCUT2D eigenvalue weighted by Gasteiger charge is 2.12. The number of para-hydroxylation sites is 1. The molecule has 1 heterocycles. The number of allylic oxidation sites excluding steroid dienone is 1. The van der Waals surface area contributed by atoms with Gasteiger partial charge in [0, 0.05) is 35.6 Å². The number of ether oxygens (including phenoxy) is 1. The minimum atomic E-state index is 0.582. The normalized spacial score (nSPS) is 12.4. The first-order valence-electron chi connectivity index (χ1n) is 9.20. The van der Waals surface area contributed by atoms with Crippen LogP contribution < -0.4 is 4.57 Å². The van der Waals surface area contributed by atoms with Gasteiger partial charge in [-0.15, -0.1) is 0 Å². The van der Waals surface area contributed by atoms with Crippen LogP contribution in [-0.2, 0) is 11.3 Å². The molecule has 0 unspecified atom stereocenters. The number of hydrogen-bond donors (Lipinski definition) is 0. The molecule has 0 amide bonds. The molecule has 0 aliphatic carbocycles. The number of hydrogen-bond acceptors (Lipinski definition) is 1. The van der Waals surface area contributed by atoms with Crippen LogP contribution in [0.4, 0.5) is 0 Å². The predicted molar refractivity (Wildman–Crippen MR) is 107 cm³/mol. The first-order valence-corrected chi connectivity index (χ1v) is 9.96. The molecular weight excluding hydrogens is 353 g/mol. The van der Waals surface area contributed by atoms with Crippen LogP contribution in [0.25, 0.3) is 10.9 Å². The van der Waals surface area contributed by atoms with Crippen LogP contribution in [0.1, 0.15) is 45.4 Å². The summed E-state index contributed by atoms with van der Waals surface area (Å²) in [5.41, 5.74) is 1.15. The van der Waals surface area contributed by atoms with Gasteiger partial charge in [-0.25, -0.2) is 0 Å². The molecule has 2 aromatic rings. The molecular formula is C21H28Cl2NO+. The molecule has 2 rings (SSSR count). The molecule has 25 heavy (non-hydrogen) atoms. The predicted octanol–water partition coefficient (Wildman–Crippen LogP) is 6.19. The second-order valence-electron chi connectivity index (χ2n) is 6.28. The minimum absolute atomic E-state index is 0.582. The molecule has 0 fully saturated rings. The molecule has 0 saturated carbocycles. The van der Waals surface area contributed by atoms with Gasteiger partial charge < -0.3 is 4.74 Å². The van der Waals surface area contributed by atoms with Gasteiger partial charge in [-0.2, -0.15) is 4.57 Å². The lowest BCUT2D eigenvalue weighted by Crippen LogP contribution is -2.34. The lowest BCUT2D eigenvalue weighted by molar-refractivity contribution is -0.662. The molecule has 0 aliphatic heterocycles. The summed E-state index contributed by atoms with van der Waals surface area (Å²) in [7, 11) is 0. The summed E-state index contributed by atoms with van der Waals surface area (Å²) in [6.45, 7) is 4.25. The molecule has 0 N–H and O–H groups in total. The quantitative estimate of drug-likeness (QED) is 0.334. The summed E-state index contributed by atoms with van der Waals surface area (Å²) in [5.74, 6) is 0. The Labute approximate surface area is 161 Å². The van der Waals surface area contributed by atoms with Crippen LogP contribution in [-0.4, -0.2) is 13.2 Å². The number of benzene rings is 1. The van der Waals surface area contributed by atoms with Gasteiger partial charge in [0.25, 0.3) is 0 Å². The van der Waals surface area contributed by atoms with Crippen molar-refractivity contribution >= 4 is 34.1 Å². The molecule has 4 heteroatoms. The third-order valence-corrected chi connectivity index (χ3v) is 5.11. The summed E-state index contributed by atoms with van der Waals surface area (Å²) < 4.78 is 7.79. The second kappa shape index (κ2) is 11.5. The van der Waals surface area contributed by atoms with E-state index in [9.17, 15) is 0 Å². The Morgan fingerprint density at radius 1 is 0.920 bits per heavy atom. The van der Waals surface area contributed by atoms with Crippen LogP contribution >= 0.6 is 23.2 Å². The third kappa shape index (κ3) is 6.97. The first-order chi connectivity index (χ1) is 12.2. The minimum Gasteiger partial charge on any atom is -0.381 e. The van der Waals surface area contributed by atoms with Crippen molar-refractivity contribution in [2.75, 3.05) is 13.2 Å². The molecule has 0 aliphatic rings. The zero-order valence-corrected chi connectivity index (χ0v) is 16.5. The molecule has 0 radical (unpaired) electrons. The largest absolute Gasteiger partial charge is 0.381 e. The fourth-order valence-electron chi connectivity index (χ4n) is 2.80. The van der Waals surface area contributed by atoms with Crippen molar-refractivity contribution in [1.29, 1.82) is 0 Å². The Morgan fingerprint density at radius 3 is 2.52 bits per heavy atom. The van der Waals surface area contributed by atoms with Crippen molar-refractivity contribution in [2.45, 2.75) is 52.0 Å². The lowest BCUT2D eigenvalue weighted by Gasteiger charge is -2.06. The lowest BCUT2D eigenvalue weighted by atomic mass is 10.2. The van der Waals surface area contributed by atoms with E-state index in [1.807, 2.05) is 24.4 Å². The van der Waals surface area contributed by atoms with E-state index < -0.39 is 0 Å². The smallest absolute Gasteiger partial charge is 0.212 e. The van der Waals surface area contributed by atoms with Crippen molar-refractivity contribution in [1.82, 2.24) is 0 Å². The van der Waals surface area contributed by atoms with Crippen molar-refractivity contribution in [2.24, 2.45) is 0 Å². The van der Waals surface area contributed by atoms with Gasteiger partial charge in [0.05, 0.1) is 11.6 Å². The van der Waals surface area contributed by atoms with E-state index in [2.05, 4.69) is 29.7 Å². The van der Waals surface area contributed by atoms with Crippen LogP contribution in [0.3, 0.4) is 0 Å². The molecule has 2 nitrogen and oxygen atoms in total.